The third kappa shape index (κ3) is 2.99. The van der Waals surface area contributed by atoms with Gasteiger partial charge in [-0.15, -0.1) is 13.2 Å². The number of rotatable bonds is 3. The number of thiocarbonyl (C=S) groups is 1. The molecule has 0 bridgehead atoms. The van der Waals surface area contributed by atoms with Crippen molar-refractivity contribution in [1.29, 1.82) is 0 Å². The van der Waals surface area contributed by atoms with Crippen LogP contribution in [0.5, 0.6) is 5.75 Å². The Labute approximate surface area is 115 Å². The second kappa shape index (κ2) is 4.66. The monoisotopic (exact) mass is 286 g/mol. The zero-order chi connectivity index (χ0) is 14.3. The van der Waals surface area contributed by atoms with Gasteiger partial charge < -0.3 is 4.74 Å². The van der Waals surface area contributed by atoms with Crippen LogP contribution in [0.4, 0.5) is 13.2 Å². The average Bonchev–Trinajstić information content (AvgIpc) is 2.81. The molecule has 0 aliphatic heterocycles. The van der Waals surface area contributed by atoms with Crippen LogP contribution in [0.25, 0.3) is 0 Å². The lowest BCUT2D eigenvalue weighted by Crippen LogP contribution is -2.17. The van der Waals surface area contributed by atoms with Crippen molar-refractivity contribution in [2.24, 2.45) is 11.3 Å². The van der Waals surface area contributed by atoms with E-state index >= 15 is 0 Å². The van der Waals surface area contributed by atoms with Gasteiger partial charge in [0.2, 0.25) is 0 Å². The Balaban J connectivity index is 2.06. The zero-order valence-corrected chi connectivity index (χ0v) is 11.4. The Kier molecular flexibility index (Phi) is 3.45. The van der Waals surface area contributed by atoms with Gasteiger partial charge in [-0.2, -0.15) is 0 Å². The van der Waals surface area contributed by atoms with Gasteiger partial charge in [0, 0.05) is 5.41 Å². The molecule has 1 fully saturated rings. The van der Waals surface area contributed by atoms with Gasteiger partial charge in [-0.05, 0) is 52.8 Å². The van der Waals surface area contributed by atoms with Gasteiger partial charge in [0.15, 0.2) is 0 Å². The molecule has 0 amide bonds. The van der Waals surface area contributed by atoms with Crippen molar-refractivity contribution in [3.63, 3.8) is 0 Å². The van der Waals surface area contributed by atoms with Gasteiger partial charge in [-0.3, -0.25) is 0 Å². The molecule has 1 aliphatic carbocycles. The molecule has 0 saturated heterocycles. The number of ether oxygens (including phenoxy) is 1. The van der Waals surface area contributed by atoms with Crippen LogP contribution in [0.1, 0.15) is 19.4 Å². The van der Waals surface area contributed by atoms with Crippen molar-refractivity contribution in [2.75, 3.05) is 0 Å². The van der Waals surface area contributed by atoms with Crippen molar-refractivity contribution >= 4 is 17.2 Å². The zero-order valence-electron chi connectivity index (χ0n) is 10.5. The van der Waals surface area contributed by atoms with E-state index in [1.165, 1.54) is 12.1 Å². The van der Waals surface area contributed by atoms with E-state index in [0.717, 1.165) is 17.6 Å². The molecule has 102 valence electrons. The molecule has 2 atom stereocenters. The number of halogens is 3. The molecule has 0 heterocycles. The lowest BCUT2D eigenvalue weighted by molar-refractivity contribution is -0.274. The maximum atomic E-state index is 12.0. The van der Waals surface area contributed by atoms with Crippen molar-refractivity contribution in [3.05, 3.63) is 35.4 Å². The lowest BCUT2D eigenvalue weighted by Gasteiger charge is -2.11. The lowest BCUT2D eigenvalue weighted by atomic mass is 9.96. The van der Waals surface area contributed by atoms with E-state index in [2.05, 4.69) is 23.6 Å². The first-order chi connectivity index (χ1) is 8.76. The summed E-state index contributed by atoms with van der Waals surface area (Å²) in [6, 6.07) is 5.97. The fourth-order valence-corrected chi connectivity index (χ4v) is 2.78. The van der Waals surface area contributed by atoms with Crippen LogP contribution in [-0.2, 0) is 6.42 Å². The number of hydrogen-bond acceptors (Lipinski definition) is 2. The Morgan fingerprint density at radius 1 is 1.32 bits per heavy atom. The minimum Gasteiger partial charge on any atom is -0.406 e. The Morgan fingerprint density at radius 3 is 2.32 bits per heavy atom. The van der Waals surface area contributed by atoms with E-state index in [4.69, 9.17) is 12.2 Å². The van der Waals surface area contributed by atoms with E-state index in [9.17, 15) is 13.2 Å². The fraction of sp³-hybridized carbons (Fsp3) is 0.429. The highest BCUT2D eigenvalue weighted by Crippen LogP contribution is 2.58. The van der Waals surface area contributed by atoms with Gasteiger partial charge >= 0.3 is 6.36 Å². The molecule has 0 aromatic heterocycles. The molecule has 1 unspecified atom stereocenters. The normalized spacial score (nSPS) is 25.9. The number of benzene rings is 1. The highest BCUT2D eigenvalue weighted by atomic mass is 32.1. The minimum absolute atomic E-state index is 0.00580. The number of alkyl halides is 3. The van der Waals surface area contributed by atoms with Gasteiger partial charge in [0.25, 0.3) is 0 Å². The molecule has 19 heavy (non-hydrogen) atoms. The predicted octanol–water partition coefficient (Wildman–Crippen LogP) is 4.31. The largest absolute Gasteiger partial charge is 0.573 e. The molecule has 1 aromatic rings. The van der Waals surface area contributed by atoms with Crippen molar-refractivity contribution < 1.29 is 17.9 Å². The molecule has 1 aliphatic rings. The SMILES string of the molecule is CC1C(=C=S)[C@]1(C)Cc1ccc(OC(F)(F)F)cc1. The first kappa shape index (κ1) is 14.1. The summed E-state index contributed by atoms with van der Waals surface area (Å²) in [7, 11) is 0. The maximum absolute atomic E-state index is 12.0. The van der Waals surface area contributed by atoms with Crippen molar-refractivity contribution in [3.8, 4) is 5.75 Å². The van der Waals surface area contributed by atoms with Gasteiger partial charge in [-0.1, -0.05) is 26.0 Å². The van der Waals surface area contributed by atoms with Crippen LogP contribution in [0.2, 0.25) is 0 Å². The predicted molar refractivity (Wildman–Crippen MR) is 70.2 cm³/mol. The topological polar surface area (TPSA) is 9.23 Å². The standard InChI is InChI=1S/C14H13F3OS/c1-9-12(8-19)13(9,2)7-10-3-5-11(6-4-10)18-14(15,16)17/h3-6,9H,7H2,1-2H3/t9?,13-/m1/s1. The molecular weight excluding hydrogens is 273 g/mol. The summed E-state index contributed by atoms with van der Waals surface area (Å²) in [6.07, 6.45) is -3.90. The molecule has 1 nitrogen and oxygen atoms in total. The summed E-state index contributed by atoms with van der Waals surface area (Å²) in [6.45, 7) is 4.17. The fourth-order valence-electron chi connectivity index (χ4n) is 2.37. The van der Waals surface area contributed by atoms with Crippen LogP contribution in [0.15, 0.2) is 29.8 Å². The van der Waals surface area contributed by atoms with Crippen LogP contribution in [0, 0.1) is 11.3 Å². The quantitative estimate of drug-likeness (QED) is 0.766. The minimum atomic E-state index is -4.65. The average molecular weight is 286 g/mol. The maximum Gasteiger partial charge on any atom is 0.573 e. The second-order valence-corrected chi connectivity index (χ2v) is 5.23. The van der Waals surface area contributed by atoms with Gasteiger partial charge in [0.1, 0.15) is 5.75 Å². The molecule has 2 rings (SSSR count). The van der Waals surface area contributed by atoms with E-state index in [0.29, 0.717) is 5.92 Å². The first-order valence-electron chi connectivity index (χ1n) is 5.86. The summed E-state index contributed by atoms with van der Waals surface area (Å²) in [5.41, 5.74) is 2.07. The number of allylic oxidation sites excluding steroid dienone is 1. The molecule has 5 heteroatoms. The molecular formula is C14H13F3OS. The molecule has 1 aromatic carbocycles. The Morgan fingerprint density at radius 2 is 1.89 bits per heavy atom. The van der Waals surface area contributed by atoms with Crippen LogP contribution in [0.3, 0.4) is 0 Å². The Bertz CT molecular complexity index is 529. The molecule has 0 radical (unpaired) electrons. The van der Waals surface area contributed by atoms with Crippen molar-refractivity contribution in [2.45, 2.75) is 26.6 Å². The van der Waals surface area contributed by atoms with Gasteiger partial charge in [-0.25, -0.2) is 0 Å². The smallest absolute Gasteiger partial charge is 0.406 e. The first-order valence-corrected chi connectivity index (χ1v) is 6.27. The molecule has 0 spiro atoms. The van der Waals surface area contributed by atoms with Crippen LogP contribution >= 0.6 is 12.2 Å². The highest BCUT2D eigenvalue weighted by Gasteiger charge is 2.53. The van der Waals surface area contributed by atoms with Crippen molar-refractivity contribution in [1.82, 2.24) is 0 Å². The third-order valence-electron chi connectivity index (χ3n) is 3.76. The van der Waals surface area contributed by atoms with E-state index in [1.807, 2.05) is 0 Å². The van der Waals surface area contributed by atoms with E-state index < -0.39 is 6.36 Å². The summed E-state index contributed by atoms with van der Waals surface area (Å²) in [5.74, 6) is 0.187. The Hall–Kier alpha value is -1.32. The summed E-state index contributed by atoms with van der Waals surface area (Å²) < 4.78 is 39.9. The molecule has 1 saturated carbocycles. The van der Waals surface area contributed by atoms with Crippen LogP contribution < -0.4 is 4.74 Å². The van der Waals surface area contributed by atoms with Gasteiger partial charge in [0.05, 0.1) is 0 Å². The second-order valence-electron chi connectivity index (χ2n) is 5.02. The summed E-state index contributed by atoms with van der Waals surface area (Å²) >= 11 is 4.83. The summed E-state index contributed by atoms with van der Waals surface area (Å²) in [5, 5.41) is 2.77. The van der Waals surface area contributed by atoms with Crippen LogP contribution in [-0.4, -0.2) is 11.4 Å². The molecule has 0 N–H and O–H groups in total. The third-order valence-corrected chi connectivity index (χ3v) is 3.98. The highest BCUT2D eigenvalue weighted by molar-refractivity contribution is 7.78. The summed E-state index contributed by atoms with van der Waals surface area (Å²) in [4.78, 5) is 0. The van der Waals surface area contributed by atoms with E-state index in [-0.39, 0.29) is 11.2 Å². The van der Waals surface area contributed by atoms with E-state index in [1.54, 1.807) is 12.1 Å². The number of hydrogen-bond donors (Lipinski definition) is 0.